The third-order valence-electron chi connectivity index (χ3n) is 3.38. The molecule has 2 rings (SSSR count). The number of hydrogen-bond donors (Lipinski definition) is 1. The average Bonchev–Trinajstić information content (AvgIpc) is 2.35. The molecule has 0 bridgehead atoms. The van der Waals surface area contributed by atoms with Crippen LogP contribution in [0.1, 0.15) is 37.3 Å². The monoisotopic (exact) mass is 298 g/mol. The zero-order valence-electron chi connectivity index (χ0n) is 11.9. The topological polar surface area (TPSA) is 98.3 Å². The van der Waals surface area contributed by atoms with Crippen molar-refractivity contribution in [3.05, 3.63) is 16.0 Å². The third-order valence-corrected chi connectivity index (χ3v) is 4.18. The van der Waals surface area contributed by atoms with Crippen LogP contribution in [0.25, 0.3) is 0 Å². The molecule has 2 heterocycles. The normalized spacial score (nSPS) is 20.1. The number of hydrogen-bond acceptors (Lipinski definition) is 5. The summed E-state index contributed by atoms with van der Waals surface area (Å²) in [5, 5.41) is 0.100. The van der Waals surface area contributed by atoms with Crippen molar-refractivity contribution in [2.24, 2.45) is 0 Å². The molecule has 110 valence electrons. The largest absolute Gasteiger partial charge is 0.392 e. The van der Waals surface area contributed by atoms with Crippen molar-refractivity contribution in [1.29, 1.82) is 0 Å². The van der Waals surface area contributed by atoms with Crippen LogP contribution < -0.4 is 11.3 Å². The molecular formula is C12H18N4O3S. The van der Waals surface area contributed by atoms with Crippen LogP contribution in [0.2, 0.25) is 0 Å². The molecule has 1 aliphatic rings. The summed E-state index contributed by atoms with van der Waals surface area (Å²) < 4.78 is 13.3. The lowest BCUT2D eigenvalue weighted by Gasteiger charge is -2.37. The van der Waals surface area contributed by atoms with Crippen molar-refractivity contribution in [3.63, 3.8) is 0 Å². The Kier molecular flexibility index (Phi) is 3.68. The van der Waals surface area contributed by atoms with E-state index < -0.39 is 16.4 Å². The van der Waals surface area contributed by atoms with E-state index in [9.17, 15) is 13.8 Å². The van der Waals surface area contributed by atoms with Gasteiger partial charge in [0.2, 0.25) is 5.16 Å². The van der Waals surface area contributed by atoms with Gasteiger partial charge in [0, 0.05) is 18.8 Å². The molecule has 1 amide bonds. The van der Waals surface area contributed by atoms with Gasteiger partial charge >= 0.3 is 0 Å². The van der Waals surface area contributed by atoms with Crippen LogP contribution in [0.3, 0.4) is 0 Å². The Bertz CT molecular complexity index is 653. The van der Waals surface area contributed by atoms with E-state index >= 15 is 0 Å². The molecule has 0 saturated carbocycles. The summed E-state index contributed by atoms with van der Waals surface area (Å²) in [5.41, 5.74) is 4.96. The zero-order valence-corrected chi connectivity index (χ0v) is 12.7. The first-order chi connectivity index (χ1) is 9.25. The molecule has 0 aromatic carbocycles. The van der Waals surface area contributed by atoms with Crippen LogP contribution in [0.15, 0.2) is 9.95 Å². The van der Waals surface area contributed by atoms with Gasteiger partial charge < -0.3 is 15.2 Å². The van der Waals surface area contributed by atoms with Crippen molar-refractivity contribution >= 4 is 22.4 Å². The summed E-state index contributed by atoms with van der Waals surface area (Å²) in [5.74, 6) is -0.318. The van der Waals surface area contributed by atoms with E-state index in [0.29, 0.717) is 6.54 Å². The SMILES string of the molecule is CC(C)N1C[C@H](C)n2c(S(C)=O)nc(=O)c(N)c2C1=O. The van der Waals surface area contributed by atoms with Crippen molar-refractivity contribution < 1.29 is 9.00 Å². The molecule has 2 N–H and O–H groups in total. The molecule has 0 fully saturated rings. The minimum atomic E-state index is -1.47. The van der Waals surface area contributed by atoms with Gasteiger partial charge in [0.25, 0.3) is 11.5 Å². The van der Waals surface area contributed by atoms with Gasteiger partial charge in [-0.2, -0.15) is 4.98 Å². The number of nitrogens with zero attached hydrogens (tertiary/aromatic N) is 3. The summed E-state index contributed by atoms with van der Waals surface area (Å²) in [6, 6.07) is -0.142. The lowest BCUT2D eigenvalue weighted by molar-refractivity contribution is 0.0604. The Labute approximate surface area is 119 Å². The average molecular weight is 298 g/mol. The Morgan fingerprint density at radius 1 is 1.40 bits per heavy atom. The fourth-order valence-electron chi connectivity index (χ4n) is 2.39. The maximum Gasteiger partial charge on any atom is 0.297 e. The summed E-state index contributed by atoms with van der Waals surface area (Å²) >= 11 is 0. The van der Waals surface area contributed by atoms with Crippen molar-refractivity contribution in [2.75, 3.05) is 18.5 Å². The molecule has 1 aliphatic heterocycles. The minimum absolute atomic E-state index is 0.00283. The third kappa shape index (κ3) is 2.13. The highest BCUT2D eigenvalue weighted by Gasteiger charge is 2.35. The lowest BCUT2D eigenvalue weighted by atomic mass is 10.1. The number of carbonyl (C=O) groups is 1. The molecule has 20 heavy (non-hydrogen) atoms. The van der Waals surface area contributed by atoms with Gasteiger partial charge in [-0.25, -0.2) is 0 Å². The molecule has 1 unspecified atom stereocenters. The molecule has 1 aromatic heterocycles. The fourth-order valence-corrected chi connectivity index (χ4v) is 3.15. The molecule has 7 nitrogen and oxygen atoms in total. The van der Waals surface area contributed by atoms with E-state index in [1.54, 1.807) is 4.90 Å². The quantitative estimate of drug-likeness (QED) is 0.774. The predicted molar refractivity (Wildman–Crippen MR) is 76.1 cm³/mol. The van der Waals surface area contributed by atoms with Gasteiger partial charge in [0.15, 0.2) is 0 Å². The molecule has 0 aliphatic carbocycles. The summed E-state index contributed by atoms with van der Waals surface area (Å²) in [6.45, 7) is 6.15. The second kappa shape index (κ2) is 5.01. The van der Waals surface area contributed by atoms with E-state index in [-0.39, 0.29) is 34.5 Å². The highest BCUT2D eigenvalue weighted by atomic mass is 32.2. The number of rotatable bonds is 2. The van der Waals surface area contributed by atoms with Crippen molar-refractivity contribution in [1.82, 2.24) is 14.5 Å². The molecule has 2 atom stereocenters. The smallest absolute Gasteiger partial charge is 0.297 e. The standard InChI is InChI=1S/C12H18N4O3S/c1-6(2)15-5-7(3)16-9(11(15)18)8(13)10(17)14-12(16)20(4)19/h6-7H,5,13H2,1-4H3/t7-,20?/m0/s1. The van der Waals surface area contributed by atoms with E-state index in [4.69, 9.17) is 5.73 Å². The van der Waals surface area contributed by atoms with E-state index in [1.165, 1.54) is 10.8 Å². The number of amides is 1. The summed E-state index contributed by atoms with van der Waals surface area (Å²) in [4.78, 5) is 29.7. The Hall–Kier alpha value is -1.70. The molecule has 0 spiro atoms. The van der Waals surface area contributed by atoms with Gasteiger partial charge in [-0.15, -0.1) is 0 Å². The Morgan fingerprint density at radius 2 is 2.00 bits per heavy atom. The second-order valence-electron chi connectivity index (χ2n) is 5.19. The number of anilines is 1. The van der Waals surface area contributed by atoms with Crippen LogP contribution in [-0.2, 0) is 10.8 Å². The Balaban J connectivity index is 2.78. The van der Waals surface area contributed by atoms with Gasteiger partial charge in [0.1, 0.15) is 11.4 Å². The van der Waals surface area contributed by atoms with Gasteiger partial charge in [0.05, 0.1) is 16.8 Å². The minimum Gasteiger partial charge on any atom is -0.392 e. The summed E-state index contributed by atoms with van der Waals surface area (Å²) in [6.07, 6.45) is 1.43. The predicted octanol–water partition coefficient (Wildman–Crippen LogP) is -0.0119. The summed E-state index contributed by atoms with van der Waals surface area (Å²) in [7, 11) is -1.47. The zero-order chi connectivity index (χ0) is 15.2. The lowest BCUT2D eigenvalue weighted by Crippen LogP contribution is -2.48. The first-order valence-electron chi connectivity index (χ1n) is 6.32. The fraction of sp³-hybridized carbons (Fsp3) is 0.583. The van der Waals surface area contributed by atoms with Gasteiger partial charge in [-0.3, -0.25) is 13.8 Å². The van der Waals surface area contributed by atoms with E-state index in [1.807, 2.05) is 20.8 Å². The number of fused-ring (bicyclic) bond motifs is 1. The number of nitrogen functional groups attached to an aromatic ring is 1. The maximum absolute atomic E-state index is 12.5. The molecule has 1 aromatic rings. The highest BCUT2D eigenvalue weighted by Crippen LogP contribution is 2.26. The number of aromatic nitrogens is 2. The van der Waals surface area contributed by atoms with Crippen LogP contribution in [0.5, 0.6) is 0 Å². The molecule has 8 heteroatoms. The van der Waals surface area contributed by atoms with Crippen molar-refractivity contribution in [3.8, 4) is 0 Å². The van der Waals surface area contributed by atoms with Gasteiger partial charge in [-0.05, 0) is 20.8 Å². The molecule has 0 radical (unpaired) electrons. The number of carbonyl (C=O) groups excluding carboxylic acids is 1. The van der Waals surface area contributed by atoms with Crippen LogP contribution >= 0.6 is 0 Å². The highest BCUT2D eigenvalue weighted by molar-refractivity contribution is 7.84. The first-order valence-corrected chi connectivity index (χ1v) is 7.87. The second-order valence-corrected chi connectivity index (χ2v) is 6.46. The van der Waals surface area contributed by atoms with E-state index in [0.717, 1.165) is 0 Å². The number of nitrogens with two attached hydrogens (primary N) is 1. The first kappa shape index (κ1) is 14.7. The van der Waals surface area contributed by atoms with Crippen LogP contribution in [0, 0.1) is 0 Å². The molecular weight excluding hydrogens is 280 g/mol. The van der Waals surface area contributed by atoms with Gasteiger partial charge in [-0.1, -0.05) is 0 Å². The molecule has 0 saturated heterocycles. The van der Waals surface area contributed by atoms with Crippen LogP contribution in [0.4, 0.5) is 5.69 Å². The Morgan fingerprint density at radius 3 is 2.50 bits per heavy atom. The van der Waals surface area contributed by atoms with Crippen molar-refractivity contribution in [2.45, 2.75) is 38.0 Å². The maximum atomic E-state index is 12.5. The van der Waals surface area contributed by atoms with Crippen LogP contribution in [-0.4, -0.2) is 43.4 Å². The van der Waals surface area contributed by atoms with E-state index in [2.05, 4.69) is 4.98 Å².